The Morgan fingerprint density at radius 3 is 2.49 bits per heavy atom. The van der Waals surface area contributed by atoms with Gasteiger partial charge in [-0.2, -0.15) is 0 Å². The lowest BCUT2D eigenvalue weighted by molar-refractivity contribution is -0.161. The highest BCUT2D eigenvalue weighted by molar-refractivity contribution is 5.76. The number of halogens is 2. The van der Waals surface area contributed by atoms with Crippen LogP contribution in [0, 0.1) is 11.3 Å². The fourth-order valence-corrected chi connectivity index (χ4v) is 6.38. The molecule has 8 heteroatoms. The van der Waals surface area contributed by atoms with Crippen LogP contribution in [0.25, 0.3) is 11.3 Å². The molecule has 6 nitrogen and oxygen atoms in total. The predicted octanol–water partition coefficient (Wildman–Crippen LogP) is 4.26. The smallest absolute Gasteiger partial charge is 0.253 e. The monoisotopic (exact) mass is 485 g/mol. The summed E-state index contributed by atoms with van der Waals surface area (Å²) in [7, 11) is 0. The van der Waals surface area contributed by atoms with Crippen LogP contribution in [-0.4, -0.2) is 50.1 Å². The third kappa shape index (κ3) is 4.77. The Hall–Kier alpha value is -2.61. The molecule has 0 radical (unpaired) electrons. The number of hydrogen-bond donors (Lipinski definition) is 1. The number of amides is 1. The second-order valence-corrected chi connectivity index (χ2v) is 10.9. The van der Waals surface area contributed by atoms with Gasteiger partial charge in [0.2, 0.25) is 11.8 Å². The molecule has 2 saturated carbocycles. The normalized spacial score (nSPS) is 25.5. The first-order valence-electron chi connectivity index (χ1n) is 12.7. The van der Waals surface area contributed by atoms with E-state index in [0.29, 0.717) is 31.6 Å². The molecule has 5 rings (SSSR count). The molecule has 1 atom stereocenters. The Labute approximate surface area is 204 Å². The maximum Gasteiger partial charge on any atom is 0.253 e. The number of carbonyl (C=O) groups excluding carboxylic acids is 1. The molecule has 1 N–H and O–H groups in total. The van der Waals surface area contributed by atoms with Crippen molar-refractivity contribution in [1.82, 2.24) is 14.5 Å². The van der Waals surface area contributed by atoms with Crippen LogP contribution >= 0.6 is 0 Å². The Morgan fingerprint density at radius 2 is 1.83 bits per heavy atom. The van der Waals surface area contributed by atoms with Crippen molar-refractivity contribution in [3.8, 4) is 11.3 Å². The second kappa shape index (κ2) is 9.12. The minimum absolute atomic E-state index is 0.0143. The van der Waals surface area contributed by atoms with Gasteiger partial charge in [-0.1, -0.05) is 43.2 Å². The molecule has 1 amide bonds. The summed E-state index contributed by atoms with van der Waals surface area (Å²) in [6.45, 7) is 1.00. The van der Waals surface area contributed by atoms with Crippen LogP contribution in [0.5, 0.6) is 0 Å². The number of carbonyl (C=O) groups is 1. The van der Waals surface area contributed by atoms with Crippen molar-refractivity contribution < 1.29 is 18.7 Å². The summed E-state index contributed by atoms with van der Waals surface area (Å²) in [6.07, 6.45) is 5.98. The van der Waals surface area contributed by atoms with Crippen molar-refractivity contribution in [3.05, 3.63) is 53.1 Å². The van der Waals surface area contributed by atoms with E-state index >= 15 is 0 Å². The van der Waals surface area contributed by atoms with Crippen LogP contribution in [-0.2, 0) is 11.3 Å². The molecule has 1 aromatic heterocycles. The van der Waals surface area contributed by atoms with E-state index < -0.39 is 16.9 Å². The lowest BCUT2D eigenvalue weighted by atomic mass is 9.65. The van der Waals surface area contributed by atoms with Gasteiger partial charge in [0.1, 0.15) is 0 Å². The predicted molar refractivity (Wildman–Crippen MR) is 128 cm³/mol. The van der Waals surface area contributed by atoms with Gasteiger partial charge in [0.25, 0.3) is 5.56 Å². The third-order valence-corrected chi connectivity index (χ3v) is 8.51. The Morgan fingerprint density at radius 1 is 1.11 bits per heavy atom. The van der Waals surface area contributed by atoms with Gasteiger partial charge in [0.05, 0.1) is 24.2 Å². The van der Waals surface area contributed by atoms with Crippen molar-refractivity contribution in [1.29, 1.82) is 0 Å². The van der Waals surface area contributed by atoms with E-state index in [1.54, 1.807) is 0 Å². The third-order valence-electron chi connectivity index (χ3n) is 8.51. The average molecular weight is 486 g/mol. The van der Waals surface area contributed by atoms with Gasteiger partial charge >= 0.3 is 0 Å². The molecule has 1 spiro atoms. The summed E-state index contributed by atoms with van der Waals surface area (Å²) in [5.74, 6) is -2.65. The van der Waals surface area contributed by atoms with Crippen molar-refractivity contribution in [2.45, 2.75) is 75.9 Å². The second-order valence-electron chi connectivity index (χ2n) is 10.9. The zero-order chi connectivity index (χ0) is 24.7. The number of aromatic nitrogens is 2. The molecule has 3 aliphatic rings. The van der Waals surface area contributed by atoms with Crippen molar-refractivity contribution >= 4 is 5.91 Å². The van der Waals surface area contributed by atoms with E-state index in [-0.39, 0.29) is 43.2 Å². The molecule has 1 saturated heterocycles. The van der Waals surface area contributed by atoms with E-state index in [1.165, 1.54) is 17.0 Å². The lowest BCUT2D eigenvalue weighted by Gasteiger charge is -2.52. The molecule has 0 bridgehead atoms. The summed E-state index contributed by atoms with van der Waals surface area (Å²) >= 11 is 0. The van der Waals surface area contributed by atoms with Gasteiger partial charge < -0.3 is 10.0 Å². The number of nitrogens with zero attached hydrogens (tertiary/aromatic N) is 3. The van der Waals surface area contributed by atoms with Crippen LogP contribution in [0.3, 0.4) is 0 Å². The summed E-state index contributed by atoms with van der Waals surface area (Å²) in [5, 5.41) is 11.9. The number of alkyl halides is 2. The first kappa shape index (κ1) is 24.1. The molecule has 3 fully saturated rings. The van der Waals surface area contributed by atoms with Crippen LogP contribution in [0.4, 0.5) is 8.78 Å². The van der Waals surface area contributed by atoms with Gasteiger partial charge in [-0.05, 0) is 31.6 Å². The van der Waals surface area contributed by atoms with Gasteiger partial charge in [0.15, 0.2) is 0 Å². The molecular weight excluding hydrogens is 452 g/mol. The molecular formula is C27H33F2N3O3. The fourth-order valence-electron chi connectivity index (χ4n) is 6.38. The topological polar surface area (TPSA) is 75.4 Å². The molecule has 2 aliphatic carbocycles. The summed E-state index contributed by atoms with van der Waals surface area (Å²) < 4.78 is 27.7. The minimum Gasteiger partial charge on any atom is -0.387 e. The Balaban J connectivity index is 1.28. The van der Waals surface area contributed by atoms with Crippen molar-refractivity contribution in [2.75, 3.05) is 13.1 Å². The number of aliphatic hydroxyl groups is 1. The maximum absolute atomic E-state index is 13.1. The standard InChI is InChI=1S/C27H33F2N3O3/c28-27(29)15-20(16-27)8-9-23(33)31-13-12-26(35,25(17-31)10-4-5-11-25)18-32-19-30-22(14-24(32)34)21-6-2-1-3-7-21/h1-3,6-7,14,19-20,35H,4-5,8-13,15-18H2/t26-/m1/s1. The number of rotatable bonds is 6. The fraction of sp³-hybridized carbons (Fsp3) is 0.593. The Kier molecular flexibility index (Phi) is 6.28. The number of hydrogen-bond acceptors (Lipinski definition) is 4. The van der Waals surface area contributed by atoms with Gasteiger partial charge in [-0.25, -0.2) is 13.8 Å². The number of likely N-dealkylation sites (tertiary alicyclic amines) is 1. The van der Waals surface area contributed by atoms with Gasteiger partial charge in [0, 0.05) is 49.4 Å². The largest absolute Gasteiger partial charge is 0.387 e. The lowest BCUT2D eigenvalue weighted by Crippen LogP contribution is -2.62. The molecule has 35 heavy (non-hydrogen) atoms. The summed E-state index contributed by atoms with van der Waals surface area (Å²) in [5.41, 5.74) is -0.339. The van der Waals surface area contributed by atoms with Crippen molar-refractivity contribution in [2.24, 2.45) is 11.3 Å². The number of piperidine rings is 1. The van der Waals surface area contributed by atoms with Crippen molar-refractivity contribution in [3.63, 3.8) is 0 Å². The Bertz CT molecular complexity index is 1120. The summed E-state index contributed by atoms with van der Waals surface area (Å²) in [4.78, 5) is 32.1. The minimum atomic E-state index is -2.56. The molecule has 188 valence electrons. The molecule has 0 unspecified atom stereocenters. The van der Waals surface area contributed by atoms with Gasteiger partial charge in [-0.15, -0.1) is 0 Å². The summed E-state index contributed by atoms with van der Waals surface area (Å²) in [6, 6.07) is 11.0. The van der Waals surface area contributed by atoms with E-state index in [1.807, 2.05) is 35.2 Å². The highest BCUT2D eigenvalue weighted by Gasteiger charge is 2.55. The van der Waals surface area contributed by atoms with E-state index in [9.17, 15) is 23.5 Å². The van der Waals surface area contributed by atoms with E-state index in [0.717, 1.165) is 31.2 Å². The maximum atomic E-state index is 13.1. The zero-order valence-electron chi connectivity index (χ0n) is 20.0. The van der Waals surface area contributed by atoms with Crippen LogP contribution in [0.1, 0.15) is 57.8 Å². The van der Waals surface area contributed by atoms with E-state index in [2.05, 4.69) is 4.98 Å². The quantitative estimate of drug-likeness (QED) is 0.664. The van der Waals surface area contributed by atoms with Gasteiger partial charge in [-0.3, -0.25) is 14.2 Å². The first-order chi connectivity index (χ1) is 16.7. The van der Waals surface area contributed by atoms with Crippen LogP contribution in [0.15, 0.2) is 47.5 Å². The molecule has 1 aliphatic heterocycles. The highest BCUT2D eigenvalue weighted by Crippen LogP contribution is 2.52. The molecule has 2 aromatic rings. The average Bonchev–Trinajstić information content (AvgIpc) is 3.30. The first-order valence-corrected chi connectivity index (χ1v) is 12.7. The van der Waals surface area contributed by atoms with Crippen LogP contribution < -0.4 is 5.56 Å². The zero-order valence-corrected chi connectivity index (χ0v) is 20.0. The molecule has 1 aromatic carbocycles. The van der Waals surface area contributed by atoms with Crippen LogP contribution in [0.2, 0.25) is 0 Å². The van der Waals surface area contributed by atoms with E-state index in [4.69, 9.17) is 0 Å². The highest BCUT2D eigenvalue weighted by atomic mass is 19.3. The SMILES string of the molecule is O=C(CCC1CC(F)(F)C1)N1CC[C@@](O)(Cn2cnc(-c3ccccc3)cc2=O)C2(CCCC2)C1. The number of benzene rings is 1. The molecule has 2 heterocycles.